The Hall–Kier alpha value is -2.17. The number of fused-ring (bicyclic) bond motifs is 1. The first kappa shape index (κ1) is 20.9. The van der Waals surface area contributed by atoms with Crippen molar-refractivity contribution in [2.24, 2.45) is 5.92 Å². The lowest BCUT2D eigenvalue weighted by Crippen LogP contribution is -2.12. The van der Waals surface area contributed by atoms with Crippen LogP contribution in [0.1, 0.15) is 44.6 Å². The minimum atomic E-state index is -0.105. The van der Waals surface area contributed by atoms with Crippen LogP contribution >= 0.6 is 0 Å². The normalized spacial score (nSPS) is 10.5. The zero-order valence-corrected chi connectivity index (χ0v) is 16.8. The molecule has 0 fully saturated rings. The van der Waals surface area contributed by atoms with Crippen molar-refractivity contribution >= 4 is 11.0 Å². The Kier molecular flexibility index (Phi) is 7.34. The number of ether oxygens (including phenoxy) is 3. The van der Waals surface area contributed by atoms with Crippen LogP contribution in [0.5, 0.6) is 17.2 Å². The van der Waals surface area contributed by atoms with E-state index < -0.39 is 0 Å². The summed E-state index contributed by atoms with van der Waals surface area (Å²) in [6, 6.07) is 0. The van der Waals surface area contributed by atoms with Gasteiger partial charge < -0.3 is 18.6 Å². The number of aryl methyl sites for hydroxylation is 1. The quantitative estimate of drug-likeness (QED) is 0.785. The van der Waals surface area contributed by atoms with E-state index >= 15 is 0 Å². The molecular formula is C20H30O5. The Morgan fingerprint density at radius 3 is 1.88 bits per heavy atom. The van der Waals surface area contributed by atoms with E-state index in [9.17, 15) is 4.79 Å². The highest BCUT2D eigenvalue weighted by molar-refractivity contribution is 5.92. The molecule has 0 aliphatic heterocycles. The number of hydrogen-bond acceptors (Lipinski definition) is 5. The highest BCUT2D eigenvalue weighted by Gasteiger charge is 2.27. The number of methoxy groups -OCH3 is 3. The van der Waals surface area contributed by atoms with E-state index in [1.54, 1.807) is 21.0 Å². The van der Waals surface area contributed by atoms with Gasteiger partial charge >= 0.3 is 0 Å². The molecule has 0 unspecified atom stereocenters. The summed E-state index contributed by atoms with van der Waals surface area (Å²) in [7, 11) is 4.62. The molecule has 1 aromatic carbocycles. The van der Waals surface area contributed by atoms with Crippen molar-refractivity contribution in [3.05, 3.63) is 27.1 Å². The Morgan fingerprint density at radius 2 is 1.44 bits per heavy atom. The molecule has 0 saturated carbocycles. The third-order valence-electron chi connectivity index (χ3n) is 3.99. The summed E-state index contributed by atoms with van der Waals surface area (Å²) in [5.41, 5.74) is 1.81. The molecule has 2 rings (SSSR count). The first-order valence-corrected chi connectivity index (χ1v) is 8.62. The zero-order chi connectivity index (χ0) is 19.3. The second-order valence-corrected chi connectivity index (χ2v) is 5.99. The van der Waals surface area contributed by atoms with Gasteiger partial charge in [-0.15, -0.1) is 0 Å². The van der Waals surface area contributed by atoms with E-state index in [4.69, 9.17) is 18.6 Å². The Balaban J connectivity index is 0.00000151. The molecule has 25 heavy (non-hydrogen) atoms. The van der Waals surface area contributed by atoms with Crippen molar-refractivity contribution in [3.63, 3.8) is 0 Å². The van der Waals surface area contributed by atoms with Gasteiger partial charge in [0.15, 0.2) is 16.9 Å². The fourth-order valence-electron chi connectivity index (χ4n) is 2.80. The van der Waals surface area contributed by atoms with Gasteiger partial charge in [0.2, 0.25) is 5.75 Å². The summed E-state index contributed by atoms with van der Waals surface area (Å²) < 4.78 is 22.5. The van der Waals surface area contributed by atoms with E-state index in [0.29, 0.717) is 51.9 Å². The number of rotatable bonds is 5. The fraction of sp³-hybridized carbons (Fsp3) is 0.550. The second-order valence-electron chi connectivity index (χ2n) is 5.99. The van der Waals surface area contributed by atoms with Crippen LogP contribution in [0.3, 0.4) is 0 Å². The van der Waals surface area contributed by atoms with E-state index in [-0.39, 0.29) is 5.43 Å². The van der Waals surface area contributed by atoms with Crippen LogP contribution in [0.25, 0.3) is 11.0 Å². The molecule has 140 valence electrons. The van der Waals surface area contributed by atoms with Gasteiger partial charge in [-0.25, -0.2) is 0 Å². The van der Waals surface area contributed by atoms with Gasteiger partial charge in [0.1, 0.15) is 16.7 Å². The SMILES string of the molecule is CC.COc1c(OC)c(OC)c2c(=O)c(C)c(C)oc2c1CC(C)C. The molecule has 0 saturated heterocycles. The lowest BCUT2D eigenvalue weighted by Gasteiger charge is -2.20. The van der Waals surface area contributed by atoms with Crippen LogP contribution in [0, 0.1) is 19.8 Å². The number of hydrogen-bond donors (Lipinski definition) is 0. The molecule has 1 aromatic heterocycles. The molecule has 0 aliphatic carbocycles. The van der Waals surface area contributed by atoms with Crippen LogP contribution in [-0.4, -0.2) is 21.3 Å². The van der Waals surface area contributed by atoms with Gasteiger partial charge in [0, 0.05) is 11.1 Å². The third-order valence-corrected chi connectivity index (χ3v) is 3.99. The van der Waals surface area contributed by atoms with Crippen molar-refractivity contribution in [2.45, 2.75) is 48.0 Å². The van der Waals surface area contributed by atoms with Crippen LogP contribution in [0.2, 0.25) is 0 Å². The molecule has 5 heteroatoms. The highest BCUT2D eigenvalue weighted by atomic mass is 16.5. The maximum Gasteiger partial charge on any atom is 0.204 e. The molecule has 0 N–H and O–H groups in total. The molecule has 0 radical (unpaired) electrons. The van der Waals surface area contributed by atoms with E-state index in [2.05, 4.69) is 13.8 Å². The summed E-state index contributed by atoms with van der Waals surface area (Å²) in [5, 5.41) is 0.406. The van der Waals surface area contributed by atoms with Crippen molar-refractivity contribution in [3.8, 4) is 17.2 Å². The smallest absolute Gasteiger partial charge is 0.204 e. The largest absolute Gasteiger partial charge is 0.492 e. The summed E-state index contributed by atoms with van der Waals surface area (Å²) >= 11 is 0. The minimum Gasteiger partial charge on any atom is -0.492 e. The standard InChI is InChI=1S/C18H24O5.C2H6/c1-9(2)8-12-15-13(14(19)10(3)11(4)23-15)17(21-6)18(22-7)16(12)20-5;1-2/h9H,8H2,1-7H3;1-2H3. The first-order valence-electron chi connectivity index (χ1n) is 8.62. The predicted molar refractivity (Wildman–Crippen MR) is 102 cm³/mol. The average molecular weight is 350 g/mol. The zero-order valence-electron chi connectivity index (χ0n) is 16.8. The molecule has 0 amide bonds. The number of benzene rings is 1. The van der Waals surface area contributed by atoms with E-state index in [0.717, 1.165) is 5.56 Å². The van der Waals surface area contributed by atoms with Crippen LogP contribution in [0.15, 0.2) is 9.21 Å². The van der Waals surface area contributed by atoms with E-state index in [1.165, 1.54) is 14.2 Å². The summed E-state index contributed by atoms with van der Waals surface area (Å²) in [4.78, 5) is 12.8. The monoisotopic (exact) mass is 350 g/mol. The Labute approximate surface area is 149 Å². The van der Waals surface area contributed by atoms with Gasteiger partial charge in [-0.2, -0.15) is 0 Å². The van der Waals surface area contributed by atoms with Crippen molar-refractivity contribution in [2.75, 3.05) is 21.3 Å². The van der Waals surface area contributed by atoms with E-state index in [1.807, 2.05) is 13.8 Å². The summed E-state index contributed by atoms with van der Waals surface area (Å²) in [6.07, 6.45) is 0.700. The Morgan fingerprint density at radius 1 is 0.920 bits per heavy atom. The van der Waals surface area contributed by atoms with Crippen molar-refractivity contribution in [1.29, 1.82) is 0 Å². The van der Waals surface area contributed by atoms with Crippen molar-refractivity contribution < 1.29 is 18.6 Å². The molecule has 2 aromatic rings. The maximum atomic E-state index is 12.8. The van der Waals surface area contributed by atoms with Gasteiger partial charge in [-0.05, 0) is 26.2 Å². The third kappa shape index (κ3) is 3.75. The van der Waals surface area contributed by atoms with Gasteiger partial charge in [-0.1, -0.05) is 27.7 Å². The molecule has 0 spiro atoms. The molecule has 0 aliphatic rings. The fourth-order valence-corrected chi connectivity index (χ4v) is 2.80. The topological polar surface area (TPSA) is 57.9 Å². The van der Waals surface area contributed by atoms with Gasteiger partial charge in [0.25, 0.3) is 0 Å². The lowest BCUT2D eigenvalue weighted by atomic mass is 9.97. The molecule has 0 atom stereocenters. The van der Waals surface area contributed by atoms with Crippen LogP contribution in [-0.2, 0) is 6.42 Å². The molecular weight excluding hydrogens is 320 g/mol. The lowest BCUT2D eigenvalue weighted by molar-refractivity contribution is 0.323. The Bertz CT molecular complexity index is 787. The summed E-state index contributed by atoms with van der Waals surface area (Å²) in [6.45, 7) is 11.7. The van der Waals surface area contributed by atoms with Crippen LogP contribution in [0.4, 0.5) is 0 Å². The highest BCUT2D eigenvalue weighted by Crippen LogP contribution is 2.46. The molecule has 1 heterocycles. The van der Waals surface area contributed by atoms with Gasteiger partial charge in [0.05, 0.1) is 21.3 Å². The second kappa shape index (κ2) is 8.79. The minimum absolute atomic E-state index is 0.105. The van der Waals surface area contributed by atoms with Crippen molar-refractivity contribution in [1.82, 2.24) is 0 Å². The van der Waals surface area contributed by atoms with Gasteiger partial charge in [-0.3, -0.25) is 4.79 Å². The first-order chi connectivity index (χ1) is 11.9. The molecule has 5 nitrogen and oxygen atoms in total. The predicted octanol–water partition coefficient (Wildman–Crippen LogP) is 4.66. The summed E-state index contributed by atoms with van der Waals surface area (Å²) in [5.74, 6) is 2.29. The average Bonchev–Trinajstić information content (AvgIpc) is 2.60. The van der Waals surface area contributed by atoms with Crippen LogP contribution < -0.4 is 19.6 Å². The molecule has 0 bridgehead atoms. The maximum absolute atomic E-state index is 12.8.